The monoisotopic (exact) mass is 369 g/mol. The fraction of sp³-hybridized carbons (Fsp3) is 0.588. The highest BCUT2D eigenvalue weighted by molar-refractivity contribution is 7.89. The summed E-state index contributed by atoms with van der Waals surface area (Å²) in [5.41, 5.74) is 0.767. The maximum Gasteiger partial charge on any atom is 0.243 e. The van der Waals surface area contributed by atoms with Crippen LogP contribution in [0.25, 0.3) is 0 Å². The number of nitrogens with one attached hydrogen (secondary N) is 2. The van der Waals surface area contributed by atoms with E-state index < -0.39 is 10.0 Å². The van der Waals surface area contributed by atoms with Crippen molar-refractivity contribution in [2.75, 3.05) is 39.9 Å². The molecule has 1 aliphatic rings. The van der Waals surface area contributed by atoms with Gasteiger partial charge in [0.25, 0.3) is 0 Å². The highest BCUT2D eigenvalue weighted by Gasteiger charge is 2.25. The Bertz CT molecular complexity index is 658. The predicted octanol–water partition coefficient (Wildman–Crippen LogP) is 0.713. The van der Waals surface area contributed by atoms with E-state index >= 15 is 0 Å². The summed E-state index contributed by atoms with van der Waals surface area (Å²) in [6.45, 7) is 2.81. The molecule has 2 N–H and O–H groups in total. The van der Waals surface area contributed by atoms with Crippen molar-refractivity contribution in [3.63, 3.8) is 0 Å². The zero-order chi connectivity index (χ0) is 18.1. The van der Waals surface area contributed by atoms with Gasteiger partial charge in [-0.15, -0.1) is 0 Å². The number of hydrogen-bond acceptors (Lipinski definition) is 5. The first-order chi connectivity index (χ1) is 12.0. The summed E-state index contributed by atoms with van der Waals surface area (Å²) in [7, 11) is -1.85. The van der Waals surface area contributed by atoms with Gasteiger partial charge in [-0.25, -0.2) is 8.42 Å². The Morgan fingerprint density at radius 1 is 1.24 bits per heavy atom. The van der Waals surface area contributed by atoms with E-state index in [-0.39, 0.29) is 12.5 Å². The lowest BCUT2D eigenvalue weighted by atomic mass is 10.2. The summed E-state index contributed by atoms with van der Waals surface area (Å²) in [4.78, 5) is 12.1. The molecular weight excluding hydrogens is 342 g/mol. The number of amides is 1. The molecule has 0 spiro atoms. The molecule has 1 aromatic rings. The second-order valence-electron chi connectivity index (χ2n) is 6.06. The number of carbonyl (C=O) groups excluding carboxylic acids is 1. The first kappa shape index (κ1) is 19.8. The quantitative estimate of drug-likeness (QED) is 0.626. The lowest BCUT2D eigenvalue weighted by molar-refractivity contribution is -0.120. The number of piperidine rings is 1. The van der Waals surface area contributed by atoms with E-state index in [9.17, 15) is 13.2 Å². The molecular formula is C17H27N3O4S. The molecule has 0 aliphatic carbocycles. The lowest BCUT2D eigenvalue weighted by Crippen LogP contribution is -2.36. The summed E-state index contributed by atoms with van der Waals surface area (Å²) in [5.74, 6) is -0.139. The topological polar surface area (TPSA) is 87.7 Å². The van der Waals surface area contributed by atoms with Gasteiger partial charge in [0.2, 0.25) is 15.9 Å². The van der Waals surface area contributed by atoms with Crippen LogP contribution in [-0.4, -0.2) is 58.5 Å². The van der Waals surface area contributed by atoms with Crippen LogP contribution in [0.4, 0.5) is 0 Å². The molecule has 1 saturated heterocycles. The first-order valence-corrected chi connectivity index (χ1v) is 10.0. The summed E-state index contributed by atoms with van der Waals surface area (Å²) in [6.07, 6.45) is 2.90. The second-order valence-corrected chi connectivity index (χ2v) is 8.00. The largest absolute Gasteiger partial charge is 0.383 e. The molecule has 0 atom stereocenters. The number of rotatable bonds is 9. The van der Waals surface area contributed by atoms with Crippen molar-refractivity contribution in [1.29, 1.82) is 0 Å². The van der Waals surface area contributed by atoms with Crippen LogP contribution in [0.15, 0.2) is 29.2 Å². The van der Waals surface area contributed by atoms with Gasteiger partial charge in [0.1, 0.15) is 0 Å². The van der Waals surface area contributed by atoms with Crippen LogP contribution >= 0.6 is 0 Å². The van der Waals surface area contributed by atoms with Gasteiger partial charge in [-0.3, -0.25) is 4.79 Å². The average Bonchev–Trinajstić information content (AvgIpc) is 2.64. The summed E-state index contributed by atoms with van der Waals surface area (Å²) < 4.78 is 31.8. The maximum absolute atomic E-state index is 12.7. The van der Waals surface area contributed by atoms with Gasteiger partial charge in [-0.05, 0) is 30.5 Å². The van der Waals surface area contributed by atoms with Gasteiger partial charge in [0.15, 0.2) is 0 Å². The van der Waals surface area contributed by atoms with Gasteiger partial charge >= 0.3 is 0 Å². The van der Waals surface area contributed by atoms with E-state index in [1.807, 2.05) is 6.07 Å². The standard InChI is InChI=1S/C17H27N3O4S/c1-24-11-8-18-14-17(21)19-13-15-6-5-7-16(12-15)25(22,23)20-9-3-2-4-10-20/h5-7,12,18H,2-4,8-11,13-14H2,1H3,(H,19,21). The Kier molecular flexibility index (Phi) is 7.83. The van der Waals surface area contributed by atoms with Gasteiger partial charge in [0.05, 0.1) is 18.0 Å². The third-order valence-corrected chi connectivity index (χ3v) is 6.00. The van der Waals surface area contributed by atoms with Gasteiger partial charge < -0.3 is 15.4 Å². The third kappa shape index (κ3) is 6.07. The highest BCUT2D eigenvalue weighted by atomic mass is 32.2. The molecule has 2 rings (SSSR count). The Hall–Kier alpha value is -1.48. The molecule has 0 saturated carbocycles. The molecule has 1 fully saturated rings. The Morgan fingerprint density at radius 2 is 2.00 bits per heavy atom. The van der Waals surface area contributed by atoms with E-state index in [0.29, 0.717) is 37.7 Å². The van der Waals surface area contributed by atoms with E-state index in [0.717, 1.165) is 24.8 Å². The Labute approximate surface area is 149 Å². The van der Waals surface area contributed by atoms with Crippen molar-refractivity contribution in [2.45, 2.75) is 30.7 Å². The number of methoxy groups -OCH3 is 1. The van der Waals surface area contributed by atoms with E-state index in [4.69, 9.17) is 4.74 Å². The first-order valence-electron chi connectivity index (χ1n) is 8.59. The van der Waals surface area contributed by atoms with Crippen LogP contribution < -0.4 is 10.6 Å². The lowest BCUT2D eigenvalue weighted by Gasteiger charge is -2.26. The normalized spacial score (nSPS) is 15.9. The molecule has 140 valence electrons. The summed E-state index contributed by atoms with van der Waals surface area (Å²) >= 11 is 0. The van der Waals surface area contributed by atoms with E-state index in [1.54, 1.807) is 29.6 Å². The van der Waals surface area contributed by atoms with Gasteiger partial charge in [0, 0.05) is 33.3 Å². The Morgan fingerprint density at radius 3 is 2.72 bits per heavy atom. The van der Waals surface area contributed by atoms with E-state index in [2.05, 4.69) is 10.6 Å². The smallest absolute Gasteiger partial charge is 0.243 e. The highest BCUT2D eigenvalue weighted by Crippen LogP contribution is 2.21. The minimum atomic E-state index is -3.45. The van der Waals surface area contributed by atoms with Crippen molar-refractivity contribution in [3.05, 3.63) is 29.8 Å². The molecule has 25 heavy (non-hydrogen) atoms. The molecule has 0 unspecified atom stereocenters. The number of sulfonamides is 1. The molecule has 1 aromatic carbocycles. The maximum atomic E-state index is 12.7. The van der Waals surface area contributed by atoms with Crippen molar-refractivity contribution in [1.82, 2.24) is 14.9 Å². The van der Waals surface area contributed by atoms with Crippen LogP contribution in [0.2, 0.25) is 0 Å². The Balaban J connectivity index is 1.91. The average molecular weight is 369 g/mol. The number of benzene rings is 1. The molecule has 8 heteroatoms. The number of ether oxygens (including phenoxy) is 1. The zero-order valence-corrected chi connectivity index (χ0v) is 15.5. The van der Waals surface area contributed by atoms with Crippen LogP contribution in [0, 0.1) is 0 Å². The number of nitrogens with zero attached hydrogens (tertiary/aromatic N) is 1. The summed E-state index contributed by atoms with van der Waals surface area (Å²) in [6, 6.07) is 6.78. The van der Waals surface area contributed by atoms with Crippen LogP contribution in [0.3, 0.4) is 0 Å². The van der Waals surface area contributed by atoms with Crippen molar-refractivity contribution < 1.29 is 17.9 Å². The molecule has 7 nitrogen and oxygen atoms in total. The van der Waals surface area contributed by atoms with Crippen molar-refractivity contribution in [2.24, 2.45) is 0 Å². The second kappa shape index (κ2) is 9.86. The molecule has 0 aromatic heterocycles. The minimum Gasteiger partial charge on any atom is -0.383 e. The number of hydrogen-bond donors (Lipinski definition) is 2. The van der Waals surface area contributed by atoms with Crippen molar-refractivity contribution in [3.8, 4) is 0 Å². The van der Waals surface area contributed by atoms with Gasteiger partial charge in [-0.2, -0.15) is 4.31 Å². The SMILES string of the molecule is COCCNCC(=O)NCc1cccc(S(=O)(=O)N2CCCCC2)c1. The fourth-order valence-corrected chi connectivity index (χ4v) is 4.30. The molecule has 0 bridgehead atoms. The minimum absolute atomic E-state index is 0.139. The van der Waals surface area contributed by atoms with Crippen molar-refractivity contribution >= 4 is 15.9 Å². The number of carbonyl (C=O) groups is 1. The molecule has 1 aliphatic heterocycles. The van der Waals surface area contributed by atoms with Crippen LogP contribution in [-0.2, 0) is 26.1 Å². The fourth-order valence-electron chi connectivity index (χ4n) is 2.71. The zero-order valence-electron chi connectivity index (χ0n) is 14.7. The molecule has 0 radical (unpaired) electrons. The molecule has 1 heterocycles. The molecule has 1 amide bonds. The van der Waals surface area contributed by atoms with E-state index in [1.165, 1.54) is 0 Å². The summed E-state index contributed by atoms with van der Waals surface area (Å²) in [5, 5.41) is 5.74. The predicted molar refractivity (Wildman–Crippen MR) is 95.6 cm³/mol. The van der Waals surface area contributed by atoms with Crippen LogP contribution in [0.1, 0.15) is 24.8 Å². The van der Waals surface area contributed by atoms with Crippen LogP contribution in [0.5, 0.6) is 0 Å². The van der Waals surface area contributed by atoms with Gasteiger partial charge in [-0.1, -0.05) is 18.6 Å². The third-order valence-electron chi connectivity index (χ3n) is 4.11.